The third-order valence-electron chi connectivity index (χ3n) is 4.72. The summed E-state index contributed by atoms with van der Waals surface area (Å²) in [5, 5.41) is 15.3. The molecule has 0 atom stereocenters. The highest BCUT2D eigenvalue weighted by atomic mass is 35.5. The smallest absolute Gasteiger partial charge is 0.275 e. The van der Waals surface area contributed by atoms with Crippen LogP contribution in [-0.4, -0.2) is 38.8 Å². The van der Waals surface area contributed by atoms with Crippen molar-refractivity contribution in [2.45, 2.75) is 25.4 Å². The number of hydrogen-bond acceptors (Lipinski definition) is 3. The second-order valence-electron chi connectivity index (χ2n) is 6.20. The normalized spacial score (nSPS) is 17.1. The Kier molecular flexibility index (Phi) is 4.36. The van der Waals surface area contributed by atoms with E-state index in [2.05, 4.69) is 5.10 Å². The van der Waals surface area contributed by atoms with Crippen LogP contribution in [0.15, 0.2) is 24.3 Å². The van der Waals surface area contributed by atoms with Gasteiger partial charge in [0.05, 0.1) is 16.3 Å². The zero-order chi connectivity index (χ0) is 17.5. The fourth-order valence-corrected chi connectivity index (χ4v) is 3.24. The molecule has 1 aromatic carbocycles. The Labute approximate surface area is 144 Å². The molecule has 0 radical (unpaired) electrons. The molecular formula is C17H19ClFN3O2. The summed E-state index contributed by atoms with van der Waals surface area (Å²) >= 11 is 6.18. The molecule has 0 bridgehead atoms. The lowest BCUT2D eigenvalue weighted by atomic mass is 9.84. The molecule has 0 aliphatic carbocycles. The number of benzene rings is 1. The molecule has 2 aromatic rings. The van der Waals surface area contributed by atoms with Crippen molar-refractivity contribution >= 4 is 17.5 Å². The molecule has 7 heteroatoms. The minimum absolute atomic E-state index is 0.232. The number of aromatic nitrogens is 2. The van der Waals surface area contributed by atoms with E-state index in [0.717, 1.165) is 5.69 Å². The Morgan fingerprint density at radius 2 is 1.88 bits per heavy atom. The summed E-state index contributed by atoms with van der Waals surface area (Å²) in [6, 6.07) is 5.85. The van der Waals surface area contributed by atoms with Crippen LogP contribution in [-0.2, 0) is 12.6 Å². The zero-order valence-corrected chi connectivity index (χ0v) is 14.3. The van der Waals surface area contributed by atoms with E-state index >= 15 is 0 Å². The Morgan fingerprint density at radius 1 is 1.29 bits per heavy atom. The van der Waals surface area contributed by atoms with Gasteiger partial charge in [-0.25, -0.2) is 4.39 Å². The number of carbonyl (C=O) groups is 1. The molecule has 5 nitrogen and oxygen atoms in total. The number of piperidine rings is 1. The fraction of sp³-hybridized carbons (Fsp3) is 0.412. The quantitative estimate of drug-likeness (QED) is 0.905. The minimum Gasteiger partial charge on any atom is -0.385 e. The lowest BCUT2D eigenvalue weighted by molar-refractivity contribution is -0.0213. The van der Waals surface area contributed by atoms with Crippen LogP contribution in [0.4, 0.5) is 4.39 Å². The van der Waals surface area contributed by atoms with Gasteiger partial charge in [0.2, 0.25) is 0 Å². The van der Waals surface area contributed by atoms with Gasteiger partial charge in [0.1, 0.15) is 5.82 Å². The van der Waals surface area contributed by atoms with Gasteiger partial charge in [-0.2, -0.15) is 5.10 Å². The van der Waals surface area contributed by atoms with Gasteiger partial charge < -0.3 is 10.0 Å². The molecule has 0 unspecified atom stereocenters. The van der Waals surface area contributed by atoms with E-state index in [0.29, 0.717) is 36.5 Å². The summed E-state index contributed by atoms with van der Waals surface area (Å²) in [5.74, 6) is -0.569. The Bertz CT molecular complexity index is 765. The molecule has 1 aliphatic rings. The number of rotatable bonds is 2. The molecule has 1 fully saturated rings. The number of nitrogens with zero attached hydrogens (tertiary/aromatic N) is 3. The molecule has 1 saturated heterocycles. The number of hydrogen-bond donors (Lipinski definition) is 1. The highest BCUT2D eigenvalue weighted by Gasteiger charge is 2.36. The zero-order valence-electron chi connectivity index (χ0n) is 13.6. The maximum Gasteiger partial charge on any atom is 0.275 e. The Balaban J connectivity index is 1.73. The average molecular weight is 352 g/mol. The van der Waals surface area contributed by atoms with E-state index in [1.807, 2.05) is 0 Å². The molecular weight excluding hydrogens is 333 g/mol. The van der Waals surface area contributed by atoms with Gasteiger partial charge in [0.25, 0.3) is 5.91 Å². The van der Waals surface area contributed by atoms with Crippen molar-refractivity contribution < 1.29 is 14.3 Å². The van der Waals surface area contributed by atoms with Gasteiger partial charge in [0.15, 0.2) is 5.69 Å². The lowest BCUT2D eigenvalue weighted by Gasteiger charge is -2.38. The molecule has 3 rings (SSSR count). The summed E-state index contributed by atoms with van der Waals surface area (Å²) < 4.78 is 14.6. The number of likely N-dealkylation sites (tertiary alicyclic amines) is 1. The van der Waals surface area contributed by atoms with Crippen LogP contribution in [0, 0.1) is 12.7 Å². The molecule has 0 saturated carbocycles. The number of aryl methyl sites for hydroxylation is 1. The van der Waals surface area contributed by atoms with Crippen LogP contribution < -0.4 is 0 Å². The predicted molar refractivity (Wildman–Crippen MR) is 88.4 cm³/mol. The molecule has 1 amide bonds. The topological polar surface area (TPSA) is 58.4 Å². The molecule has 1 N–H and O–H groups in total. The first kappa shape index (κ1) is 16.9. The Hall–Kier alpha value is -1.92. The average Bonchev–Trinajstić information content (AvgIpc) is 2.83. The number of aliphatic hydroxyl groups is 1. The first-order valence-corrected chi connectivity index (χ1v) is 8.16. The van der Waals surface area contributed by atoms with Gasteiger partial charge in [-0.05, 0) is 37.5 Å². The van der Waals surface area contributed by atoms with Crippen LogP contribution in [0.25, 0.3) is 0 Å². The van der Waals surface area contributed by atoms with Crippen LogP contribution in [0.5, 0.6) is 0 Å². The summed E-state index contributed by atoms with van der Waals surface area (Å²) in [7, 11) is 1.74. The second kappa shape index (κ2) is 6.18. The number of carbonyl (C=O) groups excluding carboxylic acids is 1. The van der Waals surface area contributed by atoms with E-state index in [9.17, 15) is 14.3 Å². The third-order valence-corrected chi connectivity index (χ3v) is 5.18. The molecule has 2 heterocycles. The van der Waals surface area contributed by atoms with Gasteiger partial charge in [-0.15, -0.1) is 0 Å². The summed E-state index contributed by atoms with van der Waals surface area (Å²) in [4.78, 5) is 14.3. The standard InChI is InChI=1S/C17H19ClFN3O2/c1-11-14(18)15(20-21(11)2)16(23)22-9-7-17(24,8-10-22)12-3-5-13(19)6-4-12/h3-6,24H,7-10H2,1-2H3. The van der Waals surface area contributed by atoms with Crippen molar-refractivity contribution in [3.63, 3.8) is 0 Å². The van der Waals surface area contributed by atoms with E-state index in [1.165, 1.54) is 12.1 Å². The highest BCUT2D eigenvalue weighted by Crippen LogP contribution is 2.33. The van der Waals surface area contributed by atoms with Crippen molar-refractivity contribution in [2.75, 3.05) is 13.1 Å². The minimum atomic E-state index is -1.05. The van der Waals surface area contributed by atoms with Crippen LogP contribution >= 0.6 is 11.6 Å². The molecule has 0 spiro atoms. The van der Waals surface area contributed by atoms with E-state index in [1.54, 1.807) is 35.7 Å². The Morgan fingerprint density at radius 3 is 2.38 bits per heavy atom. The third kappa shape index (κ3) is 2.91. The maximum absolute atomic E-state index is 13.1. The van der Waals surface area contributed by atoms with Crippen molar-refractivity contribution in [3.05, 3.63) is 52.1 Å². The van der Waals surface area contributed by atoms with Crippen molar-refractivity contribution in [3.8, 4) is 0 Å². The molecule has 1 aromatic heterocycles. The lowest BCUT2D eigenvalue weighted by Crippen LogP contribution is -2.45. The number of halogens is 2. The first-order chi connectivity index (χ1) is 11.3. The van der Waals surface area contributed by atoms with Gasteiger partial charge >= 0.3 is 0 Å². The van der Waals surface area contributed by atoms with Gasteiger partial charge in [0, 0.05) is 20.1 Å². The molecule has 128 valence electrons. The van der Waals surface area contributed by atoms with Crippen LogP contribution in [0.2, 0.25) is 5.02 Å². The molecule has 24 heavy (non-hydrogen) atoms. The second-order valence-corrected chi connectivity index (χ2v) is 6.58. The predicted octanol–water partition coefficient (Wildman–Crippen LogP) is 2.64. The van der Waals surface area contributed by atoms with Crippen molar-refractivity contribution in [2.24, 2.45) is 7.05 Å². The van der Waals surface area contributed by atoms with Crippen LogP contribution in [0.1, 0.15) is 34.6 Å². The summed E-state index contributed by atoms with van der Waals surface area (Å²) in [6.45, 7) is 2.58. The van der Waals surface area contributed by atoms with E-state index in [4.69, 9.17) is 11.6 Å². The van der Waals surface area contributed by atoms with E-state index in [-0.39, 0.29) is 17.4 Å². The van der Waals surface area contributed by atoms with Crippen molar-refractivity contribution in [1.82, 2.24) is 14.7 Å². The van der Waals surface area contributed by atoms with Gasteiger partial charge in [-0.3, -0.25) is 9.48 Å². The monoisotopic (exact) mass is 351 g/mol. The SMILES string of the molecule is Cc1c(Cl)c(C(=O)N2CCC(O)(c3ccc(F)cc3)CC2)nn1C. The largest absolute Gasteiger partial charge is 0.385 e. The fourth-order valence-electron chi connectivity index (χ4n) is 3.00. The first-order valence-electron chi connectivity index (χ1n) is 7.78. The summed E-state index contributed by atoms with van der Waals surface area (Å²) in [6.07, 6.45) is 0.765. The maximum atomic E-state index is 13.1. The van der Waals surface area contributed by atoms with Crippen LogP contribution in [0.3, 0.4) is 0 Å². The van der Waals surface area contributed by atoms with Gasteiger partial charge in [-0.1, -0.05) is 23.7 Å². The summed E-state index contributed by atoms with van der Waals surface area (Å²) in [5.41, 5.74) is 0.598. The molecule has 1 aliphatic heterocycles. The number of amides is 1. The van der Waals surface area contributed by atoms with Crippen molar-refractivity contribution in [1.29, 1.82) is 0 Å². The highest BCUT2D eigenvalue weighted by molar-refractivity contribution is 6.34. The van der Waals surface area contributed by atoms with E-state index < -0.39 is 5.60 Å².